The van der Waals surface area contributed by atoms with Crippen LogP contribution in [0, 0.1) is 34.9 Å². The molecule has 0 aliphatic rings. The van der Waals surface area contributed by atoms with E-state index in [0.717, 1.165) is 0 Å². The van der Waals surface area contributed by atoms with E-state index in [9.17, 15) is 35.9 Å². The molecule has 2 N–H and O–H groups in total. The van der Waals surface area contributed by atoms with Crippen LogP contribution in [0.3, 0.4) is 0 Å². The van der Waals surface area contributed by atoms with Crippen LogP contribution in [0.1, 0.15) is 20.7 Å². The van der Waals surface area contributed by atoms with E-state index in [1.54, 1.807) is 0 Å². The predicted molar refractivity (Wildman–Crippen MR) is 57.6 cm³/mol. The van der Waals surface area contributed by atoms with Crippen molar-refractivity contribution in [3.8, 4) is 0 Å². The lowest BCUT2D eigenvalue weighted by Gasteiger charge is -2.11. The quantitative estimate of drug-likeness (QED) is 0.658. The highest BCUT2D eigenvalue weighted by Gasteiger charge is 2.34. The van der Waals surface area contributed by atoms with Crippen molar-refractivity contribution in [2.45, 2.75) is 0 Å². The van der Waals surface area contributed by atoms with Gasteiger partial charge in [0.1, 0.15) is 11.1 Å². The first-order valence-corrected chi connectivity index (χ1v) is 5.24. The van der Waals surface area contributed by atoms with Crippen LogP contribution in [-0.2, 0) is 0 Å². The van der Waals surface area contributed by atoms with Gasteiger partial charge in [-0.1, -0.05) is 0 Å². The molecule has 2 aromatic rings. The second-order valence-electron chi connectivity index (χ2n) is 3.99. The van der Waals surface area contributed by atoms with Crippen LogP contribution in [0.25, 0.3) is 10.8 Å². The van der Waals surface area contributed by atoms with Crippen LogP contribution in [0.5, 0.6) is 0 Å². The number of hydrogen-bond acceptors (Lipinski definition) is 2. The second kappa shape index (κ2) is 4.90. The van der Waals surface area contributed by atoms with Crippen molar-refractivity contribution in [1.82, 2.24) is 0 Å². The zero-order valence-electron chi connectivity index (χ0n) is 9.98. The third-order valence-electron chi connectivity index (χ3n) is 2.82. The Labute approximate surface area is 116 Å². The van der Waals surface area contributed by atoms with Gasteiger partial charge in [0.2, 0.25) is 0 Å². The standard InChI is InChI=1S/C12H2F6O4/c13-5-1-2(7(15)9(17)3(5)11(19)20)8(16)10(18)4(6(1)14)12(21)22/h(H,19,20)(H,21,22). The maximum Gasteiger partial charge on any atom is 0.341 e. The summed E-state index contributed by atoms with van der Waals surface area (Å²) in [6, 6.07) is 0. The Morgan fingerprint density at radius 3 is 1.09 bits per heavy atom. The normalized spacial score (nSPS) is 11.0. The number of hydrogen-bond donors (Lipinski definition) is 2. The van der Waals surface area contributed by atoms with Crippen LogP contribution in [0.4, 0.5) is 26.3 Å². The molecule has 0 fully saturated rings. The monoisotopic (exact) mass is 324 g/mol. The molecule has 116 valence electrons. The van der Waals surface area contributed by atoms with Gasteiger partial charge in [0.25, 0.3) is 0 Å². The Morgan fingerprint density at radius 2 is 0.818 bits per heavy atom. The number of carboxylic acids is 2. The maximum atomic E-state index is 13.9. The average molecular weight is 324 g/mol. The highest BCUT2D eigenvalue weighted by molar-refractivity contribution is 6.00. The Hall–Kier alpha value is -2.78. The lowest BCUT2D eigenvalue weighted by molar-refractivity contribution is 0.0676. The summed E-state index contributed by atoms with van der Waals surface area (Å²) in [6.45, 7) is 0. The van der Waals surface area contributed by atoms with Crippen LogP contribution >= 0.6 is 0 Å². The summed E-state index contributed by atoms with van der Waals surface area (Å²) >= 11 is 0. The van der Waals surface area contributed by atoms with Crippen molar-refractivity contribution in [1.29, 1.82) is 0 Å². The molecular formula is C12H2F6O4. The fourth-order valence-electron chi connectivity index (χ4n) is 1.89. The molecule has 4 nitrogen and oxygen atoms in total. The van der Waals surface area contributed by atoms with E-state index >= 15 is 0 Å². The molecule has 2 rings (SSSR count). The van der Waals surface area contributed by atoms with Crippen molar-refractivity contribution in [3.63, 3.8) is 0 Å². The first-order chi connectivity index (χ1) is 10.1. The molecule has 0 spiro atoms. The second-order valence-corrected chi connectivity index (χ2v) is 3.99. The van der Waals surface area contributed by atoms with Gasteiger partial charge in [0, 0.05) is 0 Å². The molecule has 10 heteroatoms. The topological polar surface area (TPSA) is 74.6 Å². The molecule has 0 bridgehead atoms. The van der Waals surface area contributed by atoms with E-state index in [1.807, 2.05) is 0 Å². The predicted octanol–water partition coefficient (Wildman–Crippen LogP) is 3.07. The van der Waals surface area contributed by atoms with Gasteiger partial charge in [-0.15, -0.1) is 0 Å². The molecule has 2 aromatic carbocycles. The number of carbonyl (C=O) groups is 2. The Morgan fingerprint density at radius 1 is 0.545 bits per heavy atom. The Bertz CT molecular complexity index is 795. The van der Waals surface area contributed by atoms with Gasteiger partial charge >= 0.3 is 11.9 Å². The minimum absolute atomic E-state index is 1.81. The van der Waals surface area contributed by atoms with E-state index in [2.05, 4.69) is 0 Å². The van der Waals surface area contributed by atoms with Crippen molar-refractivity contribution in [3.05, 3.63) is 46.0 Å². The Kier molecular flexibility index (Phi) is 3.47. The number of benzene rings is 2. The van der Waals surface area contributed by atoms with Gasteiger partial charge in [0.15, 0.2) is 34.9 Å². The molecule has 0 saturated carbocycles. The zero-order chi connectivity index (χ0) is 16.9. The fourth-order valence-corrected chi connectivity index (χ4v) is 1.89. The number of halogens is 6. The Balaban J connectivity index is 3.23. The van der Waals surface area contributed by atoms with E-state index in [4.69, 9.17) is 10.2 Å². The molecule has 0 aliphatic carbocycles. The number of rotatable bonds is 2. The van der Waals surface area contributed by atoms with Gasteiger partial charge in [-0.3, -0.25) is 0 Å². The van der Waals surface area contributed by atoms with Gasteiger partial charge in [-0.25, -0.2) is 35.9 Å². The first kappa shape index (κ1) is 15.6. The van der Waals surface area contributed by atoms with Crippen LogP contribution in [-0.4, -0.2) is 22.2 Å². The van der Waals surface area contributed by atoms with Crippen molar-refractivity contribution in [2.24, 2.45) is 0 Å². The molecular weight excluding hydrogens is 322 g/mol. The third-order valence-corrected chi connectivity index (χ3v) is 2.82. The summed E-state index contributed by atoms with van der Waals surface area (Å²) in [5, 5.41) is 13.5. The smallest absolute Gasteiger partial charge is 0.341 e. The molecule has 22 heavy (non-hydrogen) atoms. The lowest BCUT2D eigenvalue weighted by Crippen LogP contribution is -2.14. The summed E-state index contributed by atoms with van der Waals surface area (Å²) in [5.74, 6) is -18.7. The molecule has 0 radical (unpaired) electrons. The van der Waals surface area contributed by atoms with Crippen molar-refractivity contribution in [2.75, 3.05) is 0 Å². The lowest BCUT2D eigenvalue weighted by atomic mass is 9.99. The zero-order valence-corrected chi connectivity index (χ0v) is 9.98. The fraction of sp³-hybridized carbons (Fsp3) is 0. The van der Waals surface area contributed by atoms with Gasteiger partial charge < -0.3 is 10.2 Å². The molecule has 0 aromatic heterocycles. The summed E-state index contributed by atoms with van der Waals surface area (Å²) in [5.41, 5.74) is -3.93. The molecule has 0 unspecified atom stereocenters. The summed E-state index contributed by atoms with van der Waals surface area (Å²) < 4.78 is 81.8. The van der Waals surface area contributed by atoms with Crippen molar-refractivity contribution >= 4 is 22.7 Å². The average Bonchev–Trinajstić information content (AvgIpc) is 2.39. The number of carboxylic acid groups (broad SMARTS) is 2. The van der Waals surface area contributed by atoms with Crippen LogP contribution in [0.2, 0.25) is 0 Å². The summed E-state index contributed by atoms with van der Waals surface area (Å²) in [4.78, 5) is 21.3. The molecule has 0 amide bonds. The van der Waals surface area contributed by atoms with Crippen LogP contribution < -0.4 is 0 Å². The molecule has 0 heterocycles. The van der Waals surface area contributed by atoms with E-state index in [1.165, 1.54) is 0 Å². The van der Waals surface area contributed by atoms with Crippen molar-refractivity contribution < 1.29 is 46.1 Å². The minimum atomic E-state index is -2.38. The summed E-state index contributed by atoms with van der Waals surface area (Å²) in [7, 11) is 0. The number of fused-ring (bicyclic) bond motifs is 1. The van der Waals surface area contributed by atoms with Crippen LogP contribution in [0.15, 0.2) is 0 Å². The molecule has 0 aliphatic heterocycles. The first-order valence-electron chi connectivity index (χ1n) is 5.24. The van der Waals surface area contributed by atoms with E-state index in [0.29, 0.717) is 0 Å². The third kappa shape index (κ3) is 1.87. The SMILES string of the molecule is O=C(O)c1c(F)c(F)c2c(F)c(F)c(C(=O)O)c(F)c2c1F. The van der Waals surface area contributed by atoms with Gasteiger partial charge in [0.05, 0.1) is 10.8 Å². The van der Waals surface area contributed by atoms with E-state index in [-0.39, 0.29) is 0 Å². The largest absolute Gasteiger partial charge is 0.477 e. The van der Waals surface area contributed by atoms with Gasteiger partial charge in [-0.2, -0.15) is 0 Å². The summed E-state index contributed by atoms with van der Waals surface area (Å²) in [6.07, 6.45) is 0. The highest BCUT2D eigenvalue weighted by atomic mass is 19.2. The minimum Gasteiger partial charge on any atom is -0.477 e. The highest BCUT2D eigenvalue weighted by Crippen LogP contribution is 2.34. The molecule has 0 saturated heterocycles. The van der Waals surface area contributed by atoms with Gasteiger partial charge in [-0.05, 0) is 0 Å². The number of aromatic carboxylic acids is 2. The molecule has 0 atom stereocenters. The van der Waals surface area contributed by atoms with E-state index < -0.39 is 68.7 Å². The maximum absolute atomic E-state index is 13.9.